The Hall–Kier alpha value is -0.490. The van der Waals surface area contributed by atoms with Crippen LogP contribution in [0.25, 0.3) is 0 Å². The molecule has 0 bridgehead atoms. The monoisotopic (exact) mass is 288 g/mol. The summed E-state index contributed by atoms with van der Waals surface area (Å²) in [5, 5.41) is 0. The van der Waals surface area contributed by atoms with E-state index in [-0.39, 0.29) is 5.97 Å². The molecule has 0 atom stereocenters. The van der Waals surface area contributed by atoms with Crippen molar-refractivity contribution < 1.29 is 9.53 Å². The summed E-state index contributed by atoms with van der Waals surface area (Å²) in [6.07, 6.45) is 9.88. The third-order valence-corrected chi connectivity index (χ3v) is 2.76. The van der Waals surface area contributed by atoms with E-state index < -0.39 is 0 Å². The van der Waals surface area contributed by atoms with Crippen molar-refractivity contribution in [3.05, 3.63) is 0 Å². The van der Waals surface area contributed by atoms with Crippen LogP contribution in [0.1, 0.15) is 57.8 Å². The summed E-state index contributed by atoms with van der Waals surface area (Å²) in [5.74, 6) is 2.90. The Morgan fingerprint density at radius 3 is 2.19 bits per heavy atom. The van der Waals surface area contributed by atoms with Gasteiger partial charge in [0.05, 0.1) is 7.11 Å². The van der Waals surface area contributed by atoms with Crippen molar-refractivity contribution in [2.75, 3.05) is 7.11 Å². The first-order valence-corrected chi connectivity index (χ1v) is 6.76. The highest BCUT2D eigenvalue weighted by molar-refractivity contribution is 9.12. The fourth-order valence-corrected chi connectivity index (χ4v) is 1.71. The predicted molar refractivity (Wildman–Crippen MR) is 70.3 cm³/mol. The van der Waals surface area contributed by atoms with Gasteiger partial charge in [0.25, 0.3) is 0 Å². The van der Waals surface area contributed by atoms with Crippen LogP contribution in [0.4, 0.5) is 0 Å². The van der Waals surface area contributed by atoms with E-state index in [1.54, 1.807) is 0 Å². The molecular formula is C13H21BrO2. The van der Waals surface area contributed by atoms with Gasteiger partial charge in [-0.05, 0) is 17.7 Å². The first-order chi connectivity index (χ1) is 7.81. The zero-order chi connectivity index (χ0) is 12.1. The molecule has 0 aliphatic carbocycles. The molecule has 0 saturated carbocycles. The van der Waals surface area contributed by atoms with Crippen LogP contribution in [0.2, 0.25) is 0 Å². The van der Waals surface area contributed by atoms with Crippen LogP contribution >= 0.6 is 15.9 Å². The van der Waals surface area contributed by atoms with E-state index in [0.29, 0.717) is 6.42 Å². The predicted octanol–water partition coefficient (Wildman–Crippen LogP) is 4.03. The Morgan fingerprint density at radius 2 is 1.62 bits per heavy atom. The van der Waals surface area contributed by atoms with Crippen LogP contribution in [0.15, 0.2) is 0 Å². The maximum atomic E-state index is 10.8. The number of unbranched alkanes of at least 4 members (excludes halogenated alkanes) is 7. The van der Waals surface area contributed by atoms with E-state index in [1.165, 1.54) is 39.2 Å². The minimum absolute atomic E-state index is 0.0895. The number of hydrogen-bond donors (Lipinski definition) is 0. The molecule has 0 heterocycles. The Morgan fingerprint density at radius 1 is 1.06 bits per heavy atom. The Bertz CT molecular complexity index is 228. The zero-order valence-corrected chi connectivity index (χ0v) is 11.6. The van der Waals surface area contributed by atoms with Crippen molar-refractivity contribution in [3.8, 4) is 10.8 Å². The first-order valence-electron chi connectivity index (χ1n) is 5.96. The first kappa shape index (κ1) is 15.5. The molecule has 0 saturated heterocycles. The van der Waals surface area contributed by atoms with Crippen molar-refractivity contribution in [2.45, 2.75) is 57.8 Å². The fourth-order valence-electron chi connectivity index (χ4n) is 1.52. The summed E-state index contributed by atoms with van der Waals surface area (Å²) in [6.45, 7) is 0. The molecule has 0 aromatic carbocycles. The number of ether oxygens (including phenoxy) is 1. The van der Waals surface area contributed by atoms with Gasteiger partial charge in [-0.25, -0.2) is 0 Å². The van der Waals surface area contributed by atoms with E-state index in [9.17, 15) is 4.79 Å². The number of rotatable bonds is 9. The van der Waals surface area contributed by atoms with Gasteiger partial charge in [-0.3, -0.25) is 4.79 Å². The molecule has 0 N–H and O–H groups in total. The molecule has 2 nitrogen and oxygen atoms in total. The molecule has 16 heavy (non-hydrogen) atoms. The molecule has 0 amide bonds. The third-order valence-electron chi connectivity index (χ3n) is 2.48. The molecular weight excluding hydrogens is 268 g/mol. The number of carbonyl (C=O) groups excluding carboxylic acids is 1. The van der Waals surface area contributed by atoms with Gasteiger partial charge in [-0.2, -0.15) is 0 Å². The summed E-state index contributed by atoms with van der Waals surface area (Å²) in [5.41, 5.74) is 0. The Balaban J connectivity index is 3.03. The second-order valence-corrected chi connectivity index (χ2v) is 4.22. The molecule has 92 valence electrons. The van der Waals surface area contributed by atoms with Crippen LogP contribution in [0.5, 0.6) is 0 Å². The smallest absolute Gasteiger partial charge is 0.305 e. The zero-order valence-electron chi connectivity index (χ0n) is 10.1. The van der Waals surface area contributed by atoms with Crippen molar-refractivity contribution in [3.63, 3.8) is 0 Å². The van der Waals surface area contributed by atoms with Crippen LogP contribution in [0.3, 0.4) is 0 Å². The highest BCUT2D eigenvalue weighted by Gasteiger charge is 1.98. The largest absolute Gasteiger partial charge is 0.469 e. The quantitative estimate of drug-likeness (QED) is 0.364. The normalized spacial score (nSPS) is 9.38. The molecule has 0 aromatic heterocycles. The molecule has 0 aliphatic heterocycles. The lowest BCUT2D eigenvalue weighted by Crippen LogP contribution is -1.99. The molecule has 0 unspecified atom stereocenters. The topological polar surface area (TPSA) is 26.3 Å². The average Bonchev–Trinajstić information content (AvgIpc) is 2.31. The lowest BCUT2D eigenvalue weighted by atomic mass is 10.1. The maximum absolute atomic E-state index is 10.8. The van der Waals surface area contributed by atoms with E-state index in [2.05, 4.69) is 31.4 Å². The van der Waals surface area contributed by atoms with Crippen molar-refractivity contribution in [1.82, 2.24) is 0 Å². The molecule has 0 spiro atoms. The van der Waals surface area contributed by atoms with Crippen LogP contribution in [-0.2, 0) is 9.53 Å². The summed E-state index contributed by atoms with van der Waals surface area (Å²) >= 11 is 3.08. The van der Waals surface area contributed by atoms with Crippen molar-refractivity contribution in [2.24, 2.45) is 0 Å². The Kier molecular flexibility index (Phi) is 12.2. The second-order valence-electron chi connectivity index (χ2n) is 3.82. The Labute approximate surface area is 107 Å². The van der Waals surface area contributed by atoms with E-state index >= 15 is 0 Å². The fraction of sp³-hybridized carbons (Fsp3) is 0.769. The van der Waals surface area contributed by atoms with Gasteiger partial charge < -0.3 is 4.74 Å². The second kappa shape index (κ2) is 12.6. The van der Waals surface area contributed by atoms with Gasteiger partial charge in [0.1, 0.15) is 0 Å². The van der Waals surface area contributed by atoms with E-state index in [0.717, 1.165) is 19.3 Å². The molecule has 0 aliphatic rings. The standard InChI is InChI=1S/C13H21BrO2/c1-16-13(15)11-9-7-5-3-2-4-6-8-10-12-14/h2-9,11H2,1H3. The summed E-state index contributed by atoms with van der Waals surface area (Å²) in [7, 11) is 1.44. The van der Waals surface area contributed by atoms with E-state index in [1.807, 2.05) is 0 Å². The van der Waals surface area contributed by atoms with Crippen molar-refractivity contribution >= 4 is 21.9 Å². The van der Waals surface area contributed by atoms with Gasteiger partial charge in [-0.15, -0.1) is 0 Å². The molecule has 0 rings (SSSR count). The summed E-state index contributed by atoms with van der Waals surface area (Å²) < 4.78 is 4.58. The lowest BCUT2D eigenvalue weighted by molar-refractivity contribution is -0.140. The maximum Gasteiger partial charge on any atom is 0.305 e. The van der Waals surface area contributed by atoms with Crippen LogP contribution < -0.4 is 0 Å². The van der Waals surface area contributed by atoms with Crippen LogP contribution in [0, 0.1) is 10.8 Å². The number of hydrogen-bond acceptors (Lipinski definition) is 2. The number of halogens is 1. The highest BCUT2D eigenvalue weighted by Crippen LogP contribution is 2.09. The van der Waals surface area contributed by atoms with Crippen LogP contribution in [-0.4, -0.2) is 13.1 Å². The molecule has 3 heteroatoms. The number of carbonyl (C=O) groups is 1. The number of esters is 1. The SMILES string of the molecule is COC(=O)CCCCCCCCCC#CBr. The van der Waals surface area contributed by atoms with Gasteiger partial charge >= 0.3 is 5.97 Å². The van der Waals surface area contributed by atoms with Gasteiger partial charge in [0.2, 0.25) is 0 Å². The lowest BCUT2D eigenvalue weighted by Gasteiger charge is -2.00. The molecule has 0 radical (unpaired) electrons. The van der Waals surface area contributed by atoms with Gasteiger partial charge in [0, 0.05) is 28.8 Å². The average molecular weight is 289 g/mol. The van der Waals surface area contributed by atoms with Crippen molar-refractivity contribution in [1.29, 1.82) is 0 Å². The summed E-state index contributed by atoms with van der Waals surface area (Å²) in [4.78, 5) is 13.5. The summed E-state index contributed by atoms with van der Waals surface area (Å²) in [6, 6.07) is 0. The molecule has 0 fully saturated rings. The third kappa shape index (κ3) is 11.6. The number of methoxy groups -OCH3 is 1. The molecule has 0 aromatic rings. The minimum atomic E-state index is -0.0895. The van der Waals surface area contributed by atoms with E-state index in [4.69, 9.17) is 0 Å². The highest BCUT2D eigenvalue weighted by atomic mass is 79.9. The minimum Gasteiger partial charge on any atom is -0.469 e. The van der Waals surface area contributed by atoms with Gasteiger partial charge in [0.15, 0.2) is 0 Å². The van der Waals surface area contributed by atoms with Gasteiger partial charge in [-0.1, -0.05) is 38.0 Å².